The Bertz CT molecular complexity index is 1120. The summed E-state index contributed by atoms with van der Waals surface area (Å²) in [5.41, 5.74) is 1.98. The van der Waals surface area contributed by atoms with Crippen LogP contribution in [-0.4, -0.2) is 23.9 Å². The summed E-state index contributed by atoms with van der Waals surface area (Å²) in [6.45, 7) is 3.38. The molecule has 0 bridgehead atoms. The maximum Gasteiger partial charge on any atom is 0.309 e. The first-order valence-corrected chi connectivity index (χ1v) is 11.4. The fourth-order valence-corrected chi connectivity index (χ4v) is 3.66. The molecule has 3 aromatic carbocycles. The number of ether oxygens (including phenoxy) is 1. The molecule has 6 nitrogen and oxygen atoms in total. The normalized spacial score (nSPS) is 13.3. The Balaban J connectivity index is 1.64. The molecule has 2 N–H and O–H groups in total. The minimum absolute atomic E-state index is 0.147. The molecule has 3 rings (SSSR count). The highest BCUT2D eigenvalue weighted by molar-refractivity contribution is 6.33. The van der Waals surface area contributed by atoms with Crippen molar-refractivity contribution >= 4 is 29.4 Å². The predicted molar refractivity (Wildman–Crippen MR) is 131 cm³/mol. The summed E-state index contributed by atoms with van der Waals surface area (Å²) >= 11 is 6.15. The minimum atomic E-state index is -0.991. The molecule has 3 atom stereocenters. The first-order chi connectivity index (χ1) is 16.3. The predicted octanol–water partition coefficient (Wildman–Crippen LogP) is 5.01. The van der Waals surface area contributed by atoms with Crippen molar-refractivity contribution in [1.29, 1.82) is 0 Å². The highest BCUT2D eigenvalue weighted by Gasteiger charge is 2.25. The van der Waals surface area contributed by atoms with Crippen LogP contribution in [0.5, 0.6) is 0 Å². The second-order valence-corrected chi connectivity index (χ2v) is 8.30. The van der Waals surface area contributed by atoms with Gasteiger partial charge in [-0.25, -0.2) is 0 Å². The smallest absolute Gasteiger partial charge is 0.309 e. The number of amides is 2. The van der Waals surface area contributed by atoms with Gasteiger partial charge in [-0.1, -0.05) is 84.4 Å². The maximum absolute atomic E-state index is 12.8. The number of nitrogens with one attached hydrogen (secondary N) is 2. The molecular weight excluding hydrogens is 452 g/mol. The van der Waals surface area contributed by atoms with Gasteiger partial charge in [0, 0.05) is 0 Å². The van der Waals surface area contributed by atoms with Gasteiger partial charge in [-0.3, -0.25) is 14.4 Å². The fourth-order valence-electron chi connectivity index (χ4n) is 3.44. The zero-order valence-electron chi connectivity index (χ0n) is 19.0. The zero-order chi connectivity index (χ0) is 24.5. The second kappa shape index (κ2) is 12.0. The van der Waals surface area contributed by atoms with Crippen molar-refractivity contribution in [3.05, 3.63) is 107 Å². The van der Waals surface area contributed by atoms with Crippen LogP contribution in [0, 0.1) is 0 Å². The summed E-state index contributed by atoms with van der Waals surface area (Å²) in [5.74, 6) is -1.42. The van der Waals surface area contributed by atoms with Gasteiger partial charge in [0.15, 0.2) is 6.10 Å². The van der Waals surface area contributed by atoms with Crippen LogP contribution in [0.25, 0.3) is 0 Å². The van der Waals surface area contributed by atoms with Crippen LogP contribution >= 0.6 is 11.6 Å². The number of carbonyl (C=O) groups is 3. The SMILES string of the molecule is CC(OC(=O)CC(NC(=O)c1ccccc1Cl)c1ccccc1)C(=O)NC(C)c1ccccc1. The lowest BCUT2D eigenvalue weighted by atomic mass is 10.0. The van der Waals surface area contributed by atoms with Gasteiger partial charge in [-0.05, 0) is 37.1 Å². The molecule has 0 radical (unpaired) electrons. The van der Waals surface area contributed by atoms with Crippen molar-refractivity contribution in [2.75, 3.05) is 0 Å². The van der Waals surface area contributed by atoms with Gasteiger partial charge >= 0.3 is 5.97 Å². The van der Waals surface area contributed by atoms with Crippen molar-refractivity contribution in [3.63, 3.8) is 0 Å². The van der Waals surface area contributed by atoms with Gasteiger partial charge in [0.25, 0.3) is 11.8 Å². The van der Waals surface area contributed by atoms with E-state index in [1.807, 2.05) is 67.6 Å². The average Bonchev–Trinajstić information content (AvgIpc) is 2.84. The van der Waals surface area contributed by atoms with E-state index in [1.54, 1.807) is 24.3 Å². The average molecular weight is 479 g/mol. The van der Waals surface area contributed by atoms with Crippen LogP contribution in [0.2, 0.25) is 5.02 Å². The van der Waals surface area contributed by atoms with E-state index in [-0.39, 0.29) is 12.5 Å². The van der Waals surface area contributed by atoms with Crippen molar-refractivity contribution < 1.29 is 19.1 Å². The third-order valence-corrected chi connectivity index (χ3v) is 5.66. The number of esters is 1. The molecule has 0 spiro atoms. The highest BCUT2D eigenvalue weighted by Crippen LogP contribution is 2.21. The molecule has 3 unspecified atom stereocenters. The fraction of sp³-hybridized carbons (Fsp3) is 0.222. The molecule has 0 fully saturated rings. The number of carbonyl (C=O) groups excluding carboxylic acids is 3. The van der Waals surface area contributed by atoms with Gasteiger partial charge in [0.1, 0.15) is 0 Å². The highest BCUT2D eigenvalue weighted by atomic mass is 35.5. The number of halogens is 1. The lowest BCUT2D eigenvalue weighted by Gasteiger charge is -2.21. The Morgan fingerprint density at radius 1 is 0.794 bits per heavy atom. The molecular formula is C27H27ClN2O4. The molecule has 0 aliphatic heterocycles. The van der Waals surface area contributed by atoms with E-state index < -0.39 is 29.9 Å². The van der Waals surface area contributed by atoms with E-state index in [4.69, 9.17) is 16.3 Å². The van der Waals surface area contributed by atoms with Gasteiger partial charge in [-0.2, -0.15) is 0 Å². The summed E-state index contributed by atoms with van der Waals surface area (Å²) in [6.07, 6.45) is -1.14. The molecule has 0 aromatic heterocycles. The number of hydrogen-bond acceptors (Lipinski definition) is 4. The summed E-state index contributed by atoms with van der Waals surface area (Å²) in [7, 11) is 0. The van der Waals surface area contributed by atoms with E-state index in [0.717, 1.165) is 11.1 Å². The molecule has 0 saturated carbocycles. The Kier molecular flexibility index (Phi) is 8.82. The van der Waals surface area contributed by atoms with Crippen LogP contribution in [0.3, 0.4) is 0 Å². The molecule has 3 aromatic rings. The van der Waals surface area contributed by atoms with Crippen LogP contribution in [0.4, 0.5) is 0 Å². The van der Waals surface area contributed by atoms with Crippen molar-refractivity contribution in [1.82, 2.24) is 10.6 Å². The lowest BCUT2D eigenvalue weighted by Crippen LogP contribution is -2.38. The second-order valence-electron chi connectivity index (χ2n) is 7.89. The molecule has 7 heteroatoms. The van der Waals surface area contributed by atoms with Crippen molar-refractivity contribution in [3.8, 4) is 0 Å². The Hall–Kier alpha value is -3.64. The molecule has 0 aliphatic rings. The number of hydrogen-bond donors (Lipinski definition) is 2. The van der Waals surface area contributed by atoms with Gasteiger partial charge in [-0.15, -0.1) is 0 Å². The molecule has 0 heterocycles. The zero-order valence-corrected chi connectivity index (χ0v) is 19.8. The van der Waals surface area contributed by atoms with Crippen LogP contribution in [0.1, 0.15) is 53.8 Å². The number of rotatable bonds is 9. The molecule has 176 valence electrons. The quantitative estimate of drug-likeness (QED) is 0.423. The lowest BCUT2D eigenvalue weighted by molar-refractivity contribution is -0.155. The Morgan fingerprint density at radius 3 is 1.97 bits per heavy atom. The minimum Gasteiger partial charge on any atom is -0.452 e. The summed E-state index contributed by atoms with van der Waals surface area (Å²) in [6, 6.07) is 24.4. The van der Waals surface area contributed by atoms with E-state index in [9.17, 15) is 14.4 Å². The molecule has 2 amide bonds. The Morgan fingerprint density at radius 2 is 1.35 bits per heavy atom. The van der Waals surface area contributed by atoms with Crippen molar-refractivity contribution in [2.24, 2.45) is 0 Å². The van der Waals surface area contributed by atoms with E-state index in [2.05, 4.69) is 10.6 Å². The van der Waals surface area contributed by atoms with Gasteiger partial charge in [0.2, 0.25) is 0 Å². The van der Waals surface area contributed by atoms with E-state index in [1.165, 1.54) is 6.92 Å². The van der Waals surface area contributed by atoms with Gasteiger partial charge in [0.05, 0.1) is 29.1 Å². The van der Waals surface area contributed by atoms with Crippen LogP contribution in [-0.2, 0) is 14.3 Å². The van der Waals surface area contributed by atoms with Gasteiger partial charge < -0.3 is 15.4 Å². The Labute approximate surface area is 204 Å². The molecule has 0 aliphatic carbocycles. The molecule has 34 heavy (non-hydrogen) atoms. The standard InChI is InChI=1S/C27H27ClN2O4/c1-18(20-11-5-3-6-12-20)29-26(32)19(2)34-25(31)17-24(21-13-7-4-8-14-21)30-27(33)22-15-9-10-16-23(22)28/h3-16,18-19,24H,17H2,1-2H3,(H,29,32)(H,30,33). The van der Waals surface area contributed by atoms with Crippen LogP contribution < -0.4 is 10.6 Å². The van der Waals surface area contributed by atoms with E-state index >= 15 is 0 Å². The first-order valence-electron chi connectivity index (χ1n) is 11.0. The summed E-state index contributed by atoms with van der Waals surface area (Å²) in [5, 5.41) is 6.01. The monoisotopic (exact) mass is 478 g/mol. The number of benzene rings is 3. The largest absolute Gasteiger partial charge is 0.452 e. The first kappa shape index (κ1) is 25.0. The topological polar surface area (TPSA) is 84.5 Å². The third kappa shape index (κ3) is 6.93. The summed E-state index contributed by atoms with van der Waals surface area (Å²) < 4.78 is 5.38. The third-order valence-electron chi connectivity index (χ3n) is 5.33. The summed E-state index contributed by atoms with van der Waals surface area (Å²) in [4.78, 5) is 38.1. The van der Waals surface area contributed by atoms with Crippen LogP contribution in [0.15, 0.2) is 84.9 Å². The van der Waals surface area contributed by atoms with E-state index in [0.29, 0.717) is 10.6 Å². The maximum atomic E-state index is 12.8. The molecule has 0 saturated heterocycles. The van der Waals surface area contributed by atoms with Crippen molar-refractivity contribution in [2.45, 2.75) is 38.5 Å².